The maximum Gasteiger partial charge on any atom is 0.123 e. The fourth-order valence-corrected chi connectivity index (χ4v) is 2.95. The van der Waals surface area contributed by atoms with Crippen LogP contribution in [0.4, 0.5) is 0 Å². The van der Waals surface area contributed by atoms with Gasteiger partial charge in [0.15, 0.2) is 0 Å². The van der Waals surface area contributed by atoms with E-state index in [-0.39, 0.29) is 0 Å². The molecule has 1 aliphatic rings. The average Bonchev–Trinajstić information content (AvgIpc) is 2.73. The minimum atomic E-state index is 0.540. The summed E-state index contributed by atoms with van der Waals surface area (Å²) in [6, 6.07) is 8.06. The van der Waals surface area contributed by atoms with E-state index in [4.69, 9.17) is 10.5 Å². The Morgan fingerprint density at radius 1 is 1.25 bits per heavy atom. The van der Waals surface area contributed by atoms with Crippen LogP contribution in [0.3, 0.4) is 0 Å². The zero-order valence-electron chi connectivity index (χ0n) is 12.7. The highest BCUT2D eigenvalue weighted by atomic mass is 16.5. The maximum atomic E-state index is 5.90. The molecule has 1 atom stereocenters. The molecule has 112 valence electrons. The largest absolute Gasteiger partial charge is 0.492 e. The summed E-state index contributed by atoms with van der Waals surface area (Å²) in [5.41, 5.74) is 6.82. The Hall–Kier alpha value is -1.06. The standard InChI is InChI=1S/C17H28N2O/c1-2-15-6-5-10-19(11-9-15)12-13-20-17-8-4-3-7-16(17)14-18/h3-4,7-8,15H,2,5-6,9-14,18H2,1H3. The van der Waals surface area contributed by atoms with Crippen LogP contribution < -0.4 is 10.5 Å². The van der Waals surface area contributed by atoms with Crippen molar-refractivity contribution in [2.75, 3.05) is 26.2 Å². The number of likely N-dealkylation sites (tertiary alicyclic amines) is 1. The molecule has 1 heterocycles. The number of rotatable bonds is 6. The van der Waals surface area contributed by atoms with Gasteiger partial charge in [0.2, 0.25) is 0 Å². The minimum Gasteiger partial charge on any atom is -0.492 e. The molecule has 0 amide bonds. The second kappa shape index (κ2) is 8.28. The van der Waals surface area contributed by atoms with Crippen LogP contribution in [0.1, 0.15) is 38.2 Å². The van der Waals surface area contributed by atoms with Crippen molar-refractivity contribution in [3.63, 3.8) is 0 Å². The SMILES string of the molecule is CCC1CCCN(CCOc2ccccc2CN)CC1. The first-order valence-corrected chi connectivity index (χ1v) is 7.96. The van der Waals surface area contributed by atoms with Crippen LogP contribution in [0.25, 0.3) is 0 Å². The van der Waals surface area contributed by atoms with Crippen LogP contribution in [0.5, 0.6) is 5.75 Å². The number of nitrogens with zero attached hydrogens (tertiary/aromatic N) is 1. The lowest BCUT2D eigenvalue weighted by Crippen LogP contribution is -2.29. The highest BCUT2D eigenvalue weighted by molar-refractivity contribution is 5.32. The summed E-state index contributed by atoms with van der Waals surface area (Å²) in [4.78, 5) is 2.54. The zero-order chi connectivity index (χ0) is 14.2. The summed E-state index contributed by atoms with van der Waals surface area (Å²) in [6.45, 7) is 7.08. The van der Waals surface area contributed by atoms with Gasteiger partial charge in [0.1, 0.15) is 12.4 Å². The van der Waals surface area contributed by atoms with Crippen LogP contribution >= 0.6 is 0 Å². The van der Waals surface area contributed by atoms with Gasteiger partial charge in [-0.25, -0.2) is 0 Å². The predicted octanol–water partition coefficient (Wildman–Crippen LogP) is 3.04. The molecule has 1 aromatic rings. The normalized spacial score (nSPS) is 20.6. The van der Waals surface area contributed by atoms with Gasteiger partial charge in [-0.2, -0.15) is 0 Å². The Bertz CT molecular complexity index is 394. The third-order valence-corrected chi connectivity index (χ3v) is 4.38. The summed E-state index contributed by atoms with van der Waals surface area (Å²) in [5, 5.41) is 0. The molecule has 0 bridgehead atoms. The van der Waals surface area contributed by atoms with E-state index in [1.807, 2.05) is 24.3 Å². The lowest BCUT2D eigenvalue weighted by molar-refractivity contribution is 0.211. The predicted molar refractivity (Wildman–Crippen MR) is 83.9 cm³/mol. The van der Waals surface area contributed by atoms with Crippen LogP contribution in [0, 0.1) is 5.92 Å². The second-order valence-corrected chi connectivity index (χ2v) is 5.71. The van der Waals surface area contributed by atoms with Gasteiger partial charge in [-0.1, -0.05) is 31.5 Å². The van der Waals surface area contributed by atoms with Gasteiger partial charge in [0.05, 0.1) is 0 Å². The summed E-state index contributed by atoms with van der Waals surface area (Å²) in [5.74, 6) is 1.87. The minimum absolute atomic E-state index is 0.540. The van der Waals surface area contributed by atoms with Crippen molar-refractivity contribution in [2.24, 2.45) is 11.7 Å². The fraction of sp³-hybridized carbons (Fsp3) is 0.647. The molecule has 0 spiro atoms. The quantitative estimate of drug-likeness (QED) is 0.868. The molecule has 0 saturated carbocycles. The van der Waals surface area contributed by atoms with Crippen LogP contribution in [-0.4, -0.2) is 31.1 Å². The van der Waals surface area contributed by atoms with Gasteiger partial charge < -0.3 is 10.5 Å². The molecule has 3 nitrogen and oxygen atoms in total. The van der Waals surface area contributed by atoms with E-state index in [2.05, 4.69) is 11.8 Å². The van der Waals surface area contributed by atoms with Crippen molar-refractivity contribution in [1.82, 2.24) is 4.90 Å². The van der Waals surface area contributed by atoms with Crippen molar-refractivity contribution >= 4 is 0 Å². The Morgan fingerprint density at radius 2 is 2.10 bits per heavy atom. The number of para-hydroxylation sites is 1. The van der Waals surface area contributed by atoms with E-state index in [0.717, 1.165) is 30.4 Å². The highest BCUT2D eigenvalue weighted by Crippen LogP contribution is 2.20. The molecule has 1 saturated heterocycles. The molecule has 1 aliphatic heterocycles. The number of ether oxygens (including phenoxy) is 1. The first kappa shape index (κ1) is 15.3. The molecule has 20 heavy (non-hydrogen) atoms. The smallest absolute Gasteiger partial charge is 0.123 e. The summed E-state index contributed by atoms with van der Waals surface area (Å²) < 4.78 is 5.90. The third kappa shape index (κ3) is 4.50. The van der Waals surface area contributed by atoms with Crippen LogP contribution in [0.15, 0.2) is 24.3 Å². The number of nitrogens with two attached hydrogens (primary N) is 1. The third-order valence-electron chi connectivity index (χ3n) is 4.38. The molecule has 1 aromatic carbocycles. The molecule has 3 heteroatoms. The van der Waals surface area contributed by atoms with Gasteiger partial charge >= 0.3 is 0 Å². The van der Waals surface area contributed by atoms with Crippen LogP contribution in [0.2, 0.25) is 0 Å². The van der Waals surface area contributed by atoms with Gasteiger partial charge in [-0.3, -0.25) is 4.90 Å². The molecule has 2 N–H and O–H groups in total. The molecular weight excluding hydrogens is 248 g/mol. The zero-order valence-corrected chi connectivity index (χ0v) is 12.7. The van der Waals surface area contributed by atoms with Gasteiger partial charge in [0, 0.05) is 18.7 Å². The lowest BCUT2D eigenvalue weighted by atomic mass is 9.98. The van der Waals surface area contributed by atoms with Gasteiger partial charge in [-0.15, -0.1) is 0 Å². The summed E-state index contributed by atoms with van der Waals surface area (Å²) >= 11 is 0. The topological polar surface area (TPSA) is 38.5 Å². The van der Waals surface area contributed by atoms with Crippen molar-refractivity contribution in [3.05, 3.63) is 29.8 Å². The second-order valence-electron chi connectivity index (χ2n) is 5.71. The van der Waals surface area contributed by atoms with E-state index < -0.39 is 0 Å². The molecule has 1 unspecified atom stereocenters. The number of benzene rings is 1. The first-order chi connectivity index (χ1) is 9.83. The Kier molecular flexibility index (Phi) is 6.34. The van der Waals surface area contributed by atoms with Crippen molar-refractivity contribution in [2.45, 2.75) is 39.2 Å². The van der Waals surface area contributed by atoms with E-state index in [0.29, 0.717) is 6.54 Å². The lowest BCUT2D eigenvalue weighted by Gasteiger charge is -2.20. The number of hydrogen-bond donors (Lipinski definition) is 1. The van der Waals surface area contributed by atoms with Crippen LogP contribution in [-0.2, 0) is 6.54 Å². The Balaban J connectivity index is 1.75. The Labute approximate surface area is 123 Å². The molecule has 0 aromatic heterocycles. The van der Waals surface area contributed by atoms with Gasteiger partial charge in [-0.05, 0) is 44.3 Å². The van der Waals surface area contributed by atoms with E-state index in [1.165, 1.54) is 38.8 Å². The van der Waals surface area contributed by atoms with E-state index in [1.54, 1.807) is 0 Å². The monoisotopic (exact) mass is 276 g/mol. The molecular formula is C17H28N2O. The number of hydrogen-bond acceptors (Lipinski definition) is 3. The van der Waals surface area contributed by atoms with E-state index >= 15 is 0 Å². The highest BCUT2D eigenvalue weighted by Gasteiger charge is 2.15. The maximum absolute atomic E-state index is 5.90. The van der Waals surface area contributed by atoms with Gasteiger partial charge in [0.25, 0.3) is 0 Å². The molecule has 2 rings (SSSR count). The molecule has 0 radical (unpaired) electrons. The van der Waals surface area contributed by atoms with Crippen molar-refractivity contribution in [3.8, 4) is 5.75 Å². The molecule has 1 fully saturated rings. The average molecular weight is 276 g/mol. The summed E-state index contributed by atoms with van der Waals surface area (Å²) in [6.07, 6.45) is 5.39. The van der Waals surface area contributed by atoms with Crippen molar-refractivity contribution < 1.29 is 4.74 Å². The molecule has 0 aliphatic carbocycles. The fourth-order valence-electron chi connectivity index (χ4n) is 2.95. The Morgan fingerprint density at radius 3 is 2.90 bits per heavy atom. The first-order valence-electron chi connectivity index (χ1n) is 7.96. The summed E-state index contributed by atoms with van der Waals surface area (Å²) in [7, 11) is 0. The van der Waals surface area contributed by atoms with Crippen molar-refractivity contribution in [1.29, 1.82) is 0 Å². The van der Waals surface area contributed by atoms with E-state index in [9.17, 15) is 0 Å².